The molecule has 1 unspecified atom stereocenters. The molecule has 8 heteroatoms. The number of guanidine groups is 1. The molecule has 3 heterocycles. The molecule has 0 amide bonds. The molecule has 3 N–H and O–H groups in total. The van der Waals surface area contributed by atoms with Crippen LogP contribution in [0.2, 0.25) is 0 Å². The normalized spacial score (nSPS) is 16.6. The second-order valence-corrected chi connectivity index (χ2v) is 8.59. The number of fused-ring (bicyclic) bond motifs is 2. The highest BCUT2D eigenvalue weighted by atomic mass is 32.2. The van der Waals surface area contributed by atoms with E-state index in [0.29, 0.717) is 24.1 Å². The predicted octanol–water partition coefficient (Wildman–Crippen LogP) is 3.92. The second kappa shape index (κ2) is 8.55. The van der Waals surface area contributed by atoms with E-state index in [1.807, 2.05) is 43.6 Å². The summed E-state index contributed by atoms with van der Waals surface area (Å²) in [5.74, 6) is 1.11. The summed E-state index contributed by atoms with van der Waals surface area (Å²) < 4.78 is 1.64. The molecule has 162 valence electrons. The molecule has 2 aromatic heterocycles. The van der Waals surface area contributed by atoms with E-state index in [2.05, 4.69) is 44.9 Å². The van der Waals surface area contributed by atoms with Gasteiger partial charge in [0.15, 0.2) is 5.96 Å². The third-order valence-electron chi connectivity index (χ3n) is 5.60. The number of thioether (sulfide) groups is 1. The summed E-state index contributed by atoms with van der Waals surface area (Å²) >= 11 is 1.69. The van der Waals surface area contributed by atoms with Gasteiger partial charge in [-0.25, -0.2) is 4.98 Å². The molecule has 0 saturated carbocycles. The number of aliphatic imine (C=N–C) groups is 1. The monoisotopic (exact) mass is 444 g/mol. The lowest BCUT2D eigenvalue weighted by atomic mass is 10.1. The highest BCUT2D eigenvalue weighted by Gasteiger charge is 2.26. The summed E-state index contributed by atoms with van der Waals surface area (Å²) in [6.07, 6.45) is 4.51. The summed E-state index contributed by atoms with van der Waals surface area (Å²) in [6, 6.07) is 18.0. The molecular formula is C24H24N6OS. The summed E-state index contributed by atoms with van der Waals surface area (Å²) in [4.78, 5) is 26.6. The van der Waals surface area contributed by atoms with Crippen LogP contribution in [0.15, 0.2) is 75.5 Å². The maximum Gasteiger partial charge on any atom is 0.257 e. The fraction of sp³-hybridized carbons (Fsp3) is 0.208. The number of anilines is 1. The number of aryl methyl sites for hydroxylation is 1. The number of nitrogens with one attached hydrogen (secondary N) is 3. The number of para-hydroxylation sites is 1. The maximum absolute atomic E-state index is 12.8. The Morgan fingerprint density at radius 3 is 2.78 bits per heavy atom. The first kappa shape index (κ1) is 20.4. The van der Waals surface area contributed by atoms with Crippen molar-refractivity contribution in [1.82, 2.24) is 19.9 Å². The average Bonchev–Trinajstić information content (AvgIpc) is 3.21. The standard InChI is InChI=1S/C24H24N6OS/c1-15-13-21(31)30-22(16-7-9-18(32-2)10-8-16)28-23(29-24(30)27-15)25-12-11-17-14-26-20-6-4-3-5-19(17)20/h3-10,13-14,22,26H,11-12H2,1-2H3,(H2,25,27,28,29). The zero-order valence-corrected chi connectivity index (χ0v) is 18.7. The molecule has 0 bridgehead atoms. The Kier molecular flexibility index (Phi) is 5.45. The molecule has 0 aliphatic carbocycles. The van der Waals surface area contributed by atoms with E-state index in [0.717, 1.165) is 17.5 Å². The van der Waals surface area contributed by atoms with Crippen molar-refractivity contribution in [2.45, 2.75) is 24.4 Å². The first-order valence-electron chi connectivity index (χ1n) is 10.5. The number of aromatic amines is 1. The number of benzene rings is 2. The molecule has 0 saturated heterocycles. The highest BCUT2D eigenvalue weighted by molar-refractivity contribution is 7.98. The minimum absolute atomic E-state index is 0.107. The van der Waals surface area contributed by atoms with E-state index in [-0.39, 0.29) is 11.7 Å². The fourth-order valence-corrected chi connectivity index (χ4v) is 4.42. The van der Waals surface area contributed by atoms with Crippen molar-refractivity contribution in [2.75, 3.05) is 18.1 Å². The topological polar surface area (TPSA) is 87.1 Å². The van der Waals surface area contributed by atoms with Crippen molar-refractivity contribution in [1.29, 1.82) is 0 Å². The minimum Gasteiger partial charge on any atom is -0.361 e. The lowest BCUT2D eigenvalue weighted by Gasteiger charge is -2.31. The summed E-state index contributed by atoms with van der Waals surface area (Å²) in [5.41, 5.74) is 3.90. The maximum atomic E-state index is 12.8. The van der Waals surface area contributed by atoms with Gasteiger partial charge in [0.05, 0.1) is 0 Å². The van der Waals surface area contributed by atoms with Gasteiger partial charge in [0.25, 0.3) is 5.56 Å². The van der Waals surface area contributed by atoms with Gasteiger partial charge in [-0.1, -0.05) is 30.3 Å². The van der Waals surface area contributed by atoms with Crippen LogP contribution in [0.3, 0.4) is 0 Å². The zero-order chi connectivity index (χ0) is 22.1. The van der Waals surface area contributed by atoms with E-state index in [4.69, 9.17) is 4.99 Å². The number of H-pyrrole nitrogens is 1. The van der Waals surface area contributed by atoms with Crippen molar-refractivity contribution < 1.29 is 0 Å². The van der Waals surface area contributed by atoms with Crippen molar-refractivity contribution >= 4 is 34.6 Å². The van der Waals surface area contributed by atoms with Gasteiger partial charge >= 0.3 is 0 Å². The Morgan fingerprint density at radius 1 is 1.16 bits per heavy atom. The Bertz CT molecular complexity index is 1360. The van der Waals surface area contributed by atoms with Crippen LogP contribution in [0.1, 0.15) is 23.0 Å². The van der Waals surface area contributed by atoms with E-state index < -0.39 is 0 Å². The van der Waals surface area contributed by atoms with E-state index >= 15 is 0 Å². The molecule has 32 heavy (non-hydrogen) atoms. The van der Waals surface area contributed by atoms with Gasteiger partial charge < -0.3 is 10.3 Å². The van der Waals surface area contributed by atoms with Gasteiger partial charge in [0.1, 0.15) is 6.17 Å². The SMILES string of the molecule is CSc1ccc(C2NC(=NCCc3c[nH]c4ccccc34)Nc3nc(C)cc(=O)n32)cc1. The predicted molar refractivity (Wildman–Crippen MR) is 131 cm³/mol. The summed E-state index contributed by atoms with van der Waals surface area (Å²) in [5, 5.41) is 7.81. The van der Waals surface area contributed by atoms with E-state index in [1.165, 1.54) is 15.8 Å². The molecule has 0 fully saturated rings. The summed E-state index contributed by atoms with van der Waals surface area (Å²) in [6.45, 7) is 2.42. The zero-order valence-electron chi connectivity index (χ0n) is 17.9. The van der Waals surface area contributed by atoms with Gasteiger partial charge in [-0.15, -0.1) is 11.8 Å². The number of aromatic nitrogens is 3. The Labute approximate surface area is 190 Å². The largest absolute Gasteiger partial charge is 0.361 e. The number of nitrogens with zero attached hydrogens (tertiary/aromatic N) is 3. The fourth-order valence-electron chi connectivity index (χ4n) is 4.01. The van der Waals surface area contributed by atoms with Crippen LogP contribution in [0.25, 0.3) is 10.9 Å². The third kappa shape index (κ3) is 3.89. The highest BCUT2D eigenvalue weighted by Crippen LogP contribution is 2.24. The molecule has 0 radical (unpaired) electrons. The molecule has 1 aliphatic heterocycles. The average molecular weight is 445 g/mol. The van der Waals surface area contributed by atoms with Crippen LogP contribution < -0.4 is 16.2 Å². The van der Waals surface area contributed by atoms with Crippen LogP contribution in [-0.4, -0.2) is 33.3 Å². The van der Waals surface area contributed by atoms with Crippen molar-refractivity contribution in [3.63, 3.8) is 0 Å². The Balaban J connectivity index is 1.44. The lowest BCUT2D eigenvalue weighted by Crippen LogP contribution is -2.48. The van der Waals surface area contributed by atoms with Crippen molar-refractivity contribution in [3.8, 4) is 0 Å². The van der Waals surface area contributed by atoms with Crippen LogP contribution >= 0.6 is 11.8 Å². The molecule has 0 spiro atoms. The van der Waals surface area contributed by atoms with Gasteiger partial charge in [0, 0.05) is 40.3 Å². The van der Waals surface area contributed by atoms with Gasteiger partial charge in [-0.05, 0) is 48.9 Å². The molecule has 2 aromatic carbocycles. The van der Waals surface area contributed by atoms with Gasteiger partial charge in [0.2, 0.25) is 5.95 Å². The number of rotatable bonds is 5. The minimum atomic E-state index is -0.380. The molecule has 5 rings (SSSR count). The third-order valence-corrected chi connectivity index (χ3v) is 6.34. The first-order valence-corrected chi connectivity index (χ1v) is 11.7. The Hall–Kier alpha value is -3.52. The van der Waals surface area contributed by atoms with Crippen LogP contribution in [0.4, 0.5) is 5.95 Å². The number of hydrogen-bond donors (Lipinski definition) is 3. The molecule has 1 aliphatic rings. The van der Waals surface area contributed by atoms with Crippen molar-refractivity contribution in [3.05, 3.63) is 88.0 Å². The smallest absolute Gasteiger partial charge is 0.257 e. The molecule has 7 nitrogen and oxygen atoms in total. The quantitative estimate of drug-likeness (QED) is 0.406. The molecule has 1 atom stereocenters. The van der Waals surface area contributed by atoms with Crippen LogP contribution in [0, 0.1) is 6.92 Å². The van der Waals surface area contributed by atoms with Gasteiger partial charge in [-0.2, -0.15) is 0 Å². The van der Waals surface area contributed by atoms with Crippen molar-refractivity contribution in [2.24, 2.45) is 4.99 Å². The van der Waals surface area contributed by atoms with Crippen LogP contribution in [-0.2, 0) is 6.42 Å². The van der Waals surface area contributed by atoms with E-state index in [1.54, 1.807) is 22.4 Å². The molecule has 4 aromatic rings. The van der Waals surface area contributed by atoms with Crippen LogP contribution in [0.5, 0.6) is 0 Å². The van der Waals surface area contributed by atoms with E-state index in [9.17, 15) is 4.79 Å². The lowest BCUT2D eigenvalue weighted by molar-refractivity contribution is 0.514. The number of hydrogen-bond acceptors (Lipinski definition) is 4. The molecular weight excluding hydrogens is 420 g/mol. The summed E-state index contributed by atoms with van der Waals surface area (Å²) in [7, 11) is 0. The Morgan fingerprint density at radius 2 is 1.97 bits per heavy atom. The van der Waals surface area contributed by atoms with Gasteiger partial charge in [-0.3, -0.25) is 19.7 Å². The first-order chi connectivity index (χ1) is 15.6. The second-order valence-electron chi connectivity index (χ2n) is 7.71.